The molecule has 1 fully saturated rings. The molecule has 1 aliphatic heterocycles. The third-order valence-corrected chi connectivity index (χ3v) is 3.75. The van der Waals surface area contributed by atoms with E-state index in [4.69, 9.17) is 11.6 Å². The molecule has 0 aromatic heterocycles. The summed E-state index contributed by atoms with van der Waals surface area (Å²) in [4.78, 5) is 12.7. The van der Waals surface area contributed by atoms with Gasteiger partial charge in [-0.15, -0.1) is 0 Å². The van der Waals surface area contributed by atoms with Gasteiger partial charge in [0.15, 0.2) is 0 Å². The monoisotopic (exact) mass is 298 g/mol. The van der Waals surface area contributed by atoms with Crippen molar-refractivity contribution in [1.29, 1.82) is 0 Å². The number of nitro benzene ring substituents is 1. The molecule has 7 heteroatoms. The van der Waals surface area contributed by atoms with Gasteiger partial charge in [-0.05, 0) is 18.6 Å². The zero-order chi connectivity index (χ0) is 14.5. The van der Waals surface area contributed by atoms with Crippen molar-refractivity contribution in [3.63, 3.8) is 0 Å². The van der Waals surface area contributed by atoms with Gasteiger partial charge in [0.1, 0.15) is 5.02 Å². The normalized spacial score (nSPS) is 16.1. The van der Waals surface area contributed by atoms with Crippen LogP contribution >= 0.6 is 11.6 Å². The van der Waals surface area contributed by atoms with Crippen molar-refractivity contribution in [1.82, 2.24) is 10.2 Å². The number of nitrogens with one attached hydrogen (secondary N) is 2. The largest absolute Gasteiger partial charge is 0.383 e. The van der Waals surface area contributed by atoms with Crippen LogP contribution in [0.4, 0.5) is 11.4 Å². The van der Waals surface area contributed by atoms with Crippen molar-refractivity contribution < 1.29 is 4.92 Å². The molecular weight excluding hydrogens is 280 g/mol. The lowest BCUT2D eigenvalue weighted by Crippen LogP contribution is -2.45. The zero-order valence-electron chi connectivity index (χ0n) is 11.5. The van der Waals surface area contributed by atoms with Gasteiger partial charge >= 0.3 is 0 Å². The fraction of sp³-hybridized carbons (Fsp3) is 0.538. The predicted octanol–water partition coefficient (Wildman–Crippen LogP) is 1.87. The highest BCUT2D eigenvalue weighted by atomic mass is 35.5. The van der Waals surface area contributed by atoms with E-state index in [-0.39, 0.29) is 10.7 Å². The van der Waals surface area contributed by atoms with E-state index in [2.05, 4.69) is 15.5 Å². The Labute approximate surface area is 123 Å². The van der Waals surface area contributed by atoms with Crippen molar-refractivity contribution in [2.75, 3.05) is 44.6 Å². The Morgan fingerprint density at radius 2 is 2.15 bits per heavy atom. The van der Waals surface area contributed by atoms with E-state index < -0.39 is 4.92 Å². The van der Waals surface area contributed by atoms with E-state index in [1.807, 2.05) is 6.92 Å². The lowest BCUT2D eigenvalue weighted by Gasteiger charge is -2.27. The SMILES string of the molecule is Cc1cc([N+](=O)[O-])c(Cl)cc1NCCN1CCNCC1. The summed E-state index contributed by atoms with van der Waals surface area (Å²) in [5.41, 5.74) is 1.65. The number of piperazine rings is 1. The van der Waals surface area contributed by atoms with Gasteiger partial charge in [-0.1, -0.05) is 11.6 Å². The van der Waals surface area contributed by atoms with Gasteiger partial charge in [0.05, 0.1) is 4.92 Å². The topological polar surface area (TPSA) is 70.4 Å². The molecule has 0 spiro atoms. The summed E-state index contributed by atoms with van der Waals surface area (Å²) in [7, 11) is 0. The molecule has 2 N–H and O–H groups in total. The van der Waals surface area contributed by atoms with Crippen LogP contribution in [0, 0.1) is 17.0 Å². The Bertz CT molecular complexity index is 490. The second-order valence-electron chi connectivity index (χ2n) is 4.89. The third-order valence-electron chi connectivity index (χ3n) is 3.44. The second-order valence-corrected chi connectivity index (χ2v) is 5.30. The first kappa shape index (κ1) is 15.0. The van der Waals surface area contributed by atoms with Crippen LogP contribution in [0.25, 0.3) is 0 Å². The molecule has 1 heterocycles. The van der Waals surface area contributed by atoms with Crippen LogP contribution in [0.3, 0.4) is 0 Å². The van der Waals surface area contributed by atoms with E-state index in [1.54, 1.807) is 6.07 Å². The Balaban J connectivity index is 1.92. The molecule has 0 aliphatic carbocycles. The molecule has 1 aromatic carbocycles. The maximum absolute atomic E-state index is 10.8. The molecular formula is C13H19ClN4O2. The number of benzene rings is 1. The summed E-state index contributed by atoms with van der Waals surface area (Å²) >= 11 is 5.92. The highest BCUT2D eigenvalue weighted by molar-refractivity contribution is 6.33. The first-order valence-corrected chi connectivity index (χ1v) is 7.07. The molecule has 0 amide bonds. The molecule has 0 atom stereocenters. The molecule has 0 radical (unpaired) electrons. The van der Waals surface area contributed by atoms with E-state index >= 15 is 0 Å². The first-order chi connectivity index (χ1) is 9.58. The third kappa shape index (κ3) is 3.82. The molecule has 1 aliphatic rings. The number of anilines is 1. The van der Waals surface area contributed by atoms with E-state index in [0.29, 0.717) is 0 Å². The van der Waals surface area contributed by atoms with Crippen molar-refractivity contribution >= 4 is 23.0 Å². The molecule has 0 saturated carbocycles. The lowest BCUT2D eigenvalue weighted by molar-refractivity contribution is -0.384. The molecule has 0 bridgehead atoms. The van der Waals surface area contributed by atoms with Gasteiger partial charge in [0, 0.05) is 51.0 Å². The summed E-state index contributed by atoms with van der Waals surface area (Å²) in [6.07, 6.45) is 0. The number of hydrogen-bond donors (Lipinski definition) is 2. The number of rotatable bonds is 5. The highest BCUT2D eigenvalue weighted by Gasteiger charge is 2.15. The standard InChI is InChI=1S/C13H19ClN4O2/c1-10-8-13(18(19)20)11(14)9-12(10)16-4-7-17-5-2-15-3-6-17/h8-9,15-16H,2-7H2,1H3. The van der Waals surface area contributed by atoms with Crippen LogP contribution in [0.2, 0.25) is 5.02 Å². The summed E-state index contributed by atoms with van der Waals surface area (Å²) in [5, 5.41) is 17.6. The summed E-state index contributed by atoms with van der Waals surface area (Å²) in [5.74, 6) is 0. The average molecular weight is 299 g/mol. The van der Waals surface area contributed by atoms with E-state index in [9.17, 15) is 10.1 Å². The van der Waals surface area contributed by atoms with Gasteiger partial charge in [0.25, 0.3) is 5.69 Å². The average Bonchev–Trinajstić information content (AvgIpc) is 2.43. The number of nitro groups is 1. The lowest BCUT2D eigenvalue weighted by atomic mass is 10.1. The Hall–Kier alpha value is -1.37. The summed E-state index contributed by atoms with van der Waals surface area (Å²) < 4.78 is 0. The van der Waals surface area contributed by atoms with Crippen molar-refractivity contribution in [3.05, 3.63) is 32.8 Å². The molecule has 0 unspecified atom stereocenters. The van der Waals surface area contributed by atoms with Crippen molar-refractivity contribution in [3.8, 4) is 0 Å². The molecule has 110 valence electrons. The number of hydrogen-bond acceptors (Lipinski definition) is 5. The Morgan fingerprint density at radius 3 is 2.80 bits per heavy atom. The van der Waals surface area contributed by atoms with Crippen molar-refractivity contribution in [2.24, 2.45) is 0 Å². The van der Waals surface area contributed by atoms with Crippen LogP contribution in [0.1, 0.15) is 5.56 Å². The minimum atomic E-state index is -0.458. The molecule has 2 rings (SSSR count). The molecule has 20 heavy (non-hydrogen) atoms. The number of nitrogens with zero attached hydrogens (tertiary/aromatic N) is 2. The van der Waals surface area contributed by atoms with E-state index in [1.165, 1.54) is 6.07 Å². The summed E-state index contributed by atoms with van der Waals surface area (Å²) in [6, 6.07) is 3.14. The van der Waals surface area contributed by atoms with E-state index in [0.717, 1.165) is 50.5 Å². The van der Waals surface area contributed by atoms with Gasteiger partial charge in [0.2, 0.25) is 0 Å². The number of aryl methyl sites for hydroxylation is 1. The highest BCUT2D eigenvalue weighted by Crippen LogP contribution is 2.30. The quantitative estimate of drug-likeness (QED) is 0.641. The maximum Gasteiger partial charge on any atom is 0.288 e. The van der Waals surface area contributed by atoms with Crippen molar-refractivity contribution in [2.45, 2.75) is 6.92 Å². The smallest absolute Gasteiger partial charge is 0.288 e. The Morgan fingerprint density at radius 1 is 1.45 bits per heavy atom. The molecule has 6 nitrogen and oxygen atoms in total. The molecule has 1 saturated heterocycles. The first-order valence-electron chi connectivity index (χ1n) is 6.69. The van der Waals surface area contributed by atoms with Crippen LogP contribution in [0.5, 0.6) is 0 Å². The second kappa shape index (κ2) is 6.88. The van der Waals surface area contributed by atoms with Gasteiger partial charge < -0.3 is 10.6 Å². The van der Waals surface area contributed by atoms with Gasteiger partial charge in [-0.25, -0.2) is 0 Å². The minimum Gasteiger partial charge on any atom is -0.383 e. The minimum absolute atomic E-state index is 0.0446. The zero-order valence-corrected chi connectivity index (χ0v) is 12.2. The Kier molecular flexibility index (Phi) is 5.17. The van der Waals surface area contributed by atoms with Crippen LogP contribution in [0.15, 0.2) is 12.1 Å². The van der Waals surface area contributed by atoms with Crippen LogP contribution in [-0.4, -0.2) is 49.1 Å². The summed E-state index contributed by atoms with van der Waals surface area (Å²) in [6.45, 7) is 7.77. The van der Waals surface area contributed by atoms with Gasteiger partial charge in [-0.3, -0.25) is 15.0 Å². The predicted molar refractivity (Wildman–Crippen MR) is 80.6 cm³/mol. The fourth-order valence-electron chi connectivity index (χ4n) is 2.28. The van der Waals surface area contributed by atoms with Crippen LogP contribution < -0.4 is 10.6 Å². The molecule has 1 aromatic rings. The van der Waals surface area contributed by atoms with Crippen LogP contribution in [-0.2, 0) is 0 Å². The maximum atomic E-state index is 10.8. The fourth-order valence-corrected chi connectivity index (χ4v) is 2.51. The number of halogens is 1. The van der Waals surface area contributed by atoms with Gasteiger partial charge in [-0.2, -0.15) is 0 Å².